The topological polar surface area (TPSA) is 0 Å². The van der Waals surface area contributed by atoms with E-state index < -0.39 is 0 Å². The van der Waals surface area contributed by atoms with Gasteiger partial charge in [-0.1, -0.05) is 34.6 Å². The third-order valence-corrected chi connectivity index (χ3v) is 3.26. The van der Waals surface area contributed by atoms with Crippen LogP contribution >= 0.6 is 0 Å². The molecule has 0 aromatic rings. The summed E-state index contributed by atoms with van der Waals surface area (Å²) in [6, 6.07) is 0. The van der Waals surface area contributed by atoms with Crippen LogP contribution in [0.1, 0.15) is 41.0 Å². The zero-order valence-corrected chi connectivity index (χ0v) is 7.28. The molecule has 0 unspecified atom stereocenters. The molecule has 0 nitrogen and oxygen atoms in total. The minimum absolute atomic E-state index is 0.615. The molecule has 1 aliphatic carbocycles. The molecule has 1 aliphatic rings. The molecule has 0 N–H and O–H groups in total. The van der Waals surface area contributed by atoms with Gasteiger partial charge in [-0.3, -0.25) is 0 Å². The summed E-state index contributed by atoms with van der Waals surface area (Å²) in [4.78, 5) is 0. The Morgan fingerprint density at radius 3 is 1.33 bits per heavy atom. The number of hydrogen-bond acceptors (Lipinski definition) is 0. The van der Waals surface area contributed by atoms with Gasteiger partial charge in [0.1, 0.15) is 0 Å². The Morgan fingerprint density at radius 1 is 1.00 bits per heavy atom. The summed E-state index contributed by atoms with van der Waals surface area (Å²) in [5, 5.41) is 0. The van der Waals surface area contributed by atoms with Crippen molar-refractivity contribution in [1.82, 2.24) is 0 Å². The second-order valence-corrected chi connectivity index (χ2v) is 4.88. The van der Waals surface area contributed by atoms with Crippen molar-refractivity contribution in [3.63, 3.8) is 0 Å². The molecule has 1 saturated carbocycles. The fraction of sp³-hybridized carbons (Fsp3) is 1.00. The first-order valence-corrected chi connectivity index (χ1v) is 3.86. The molecule has 0 saturated heterocycles. The Bertz CT molecular complexity index is 106. The lowest BCUT2D eigenvalue weighted by Gasteiger charge is -2.56. The Kier molecular flexibility index (Phi) is 1.21. The summed E-state index contributed by atoms with van der Waals surface area (Å²) in [5.41, 5.74) is 1.23. The highest BCUT2D eigenvalue weighted by molar-refractivity contribution is 4.98. The Labute approximate surface area is 58.7 Å². The SMILES string of the molecule is CC1C(C)(C)CC1(C)C. The van der Waals surface area contributed by atoms with Crippen LogP contribution in [-0.4, -0.2) is 0 Å². The van der Waals surface area contributed by atoms with Gasteiger partial charge < -0.3 is 0 Å². The van der Waals surface area contributed by atoms with Crippen LogP contribution < -0.4 is 0 Å². The molecule has 0 atom stereocenters. The van der Waals surface area contributed by atoms with Crippen LogP contribution in [0.5, 0.6) is 0 Å². The van der Waals surface area contributed by atoms with E-state index in [1.807, 2.05) is 0 Å². The first kappa shape index (κ1) is 7.11. The molecule has 0 radical (unpaired) electrons. The van der Waals surface area contributed by atoms with Crippen LogP contribution in [0.4, 0.5) is 0 Å². The van der Waals surface area contributed by atoms with Crippen molar-refractivity contribution in [2.45, 2.75) is 41.0 Å². The molecule has 54 valence electrons. The first-order valence-electron chi connectivity index (χ1n) is 3.86. The highest BCUT2D eigenvalue weighted by Gasteiger charge is 2.49. The van der Waals surface area contributed by atoms with Crippen molar-refractivity contribution in [1.29, 1.82) is 0 Å². The van der Waals surface area contributed by atoms with Crippen molar-refractivity contribution in [3.8, 4) is 0 Å². The molecule has 0 bridgehead atoms. The number of rotatable bonds is 0. The summed E-state index contributed by atoms with van der Waals surface area (Å²) in [5.74, 6) is 0.894. The van der Waals surface area contributed by atoms with Gasteiger partial charge in [0.25, 0.3) is 0 Å². The summed E-state index contributed by atoms with van der Waals surface area (Å²) in [6.07, 6.45) is 1.39. The maximum Gasteiger partial charge on any atom is -0.0318 e. The van der Waals surface area contributed by atoms with Crippen molar-refractivity contribution in [2.24, 2.45) is 16.7 Å². The van der Waals surface area contributed by atoms with Crippen molar-refractivity contribution >= 4 is 0 Å². The average Bonchev–Trinajstić information content (AvgIpc) is 1.63. The predicted octanol–water partition coefficient (Wildman–Crippen LogP) is 3.08. The molecule has 1 fully saturated rings. The van der Waals surface area contributed by atoms with E-state index in [-0.39, 0.29) is 0 Å². The molecule has 0 spiro atoms. The summed E-state index contributed by atoms with van der Waals surface area (Å²) in [6.45, 7) is 11.8. The Hall–Kier alpha value is 0. The van der Waals surface area contributed by atoms with E-state index in [4.69, 9.17) is 0 Å². The van der Waals surface area contributed by atoms with Crippen LogP contribution in [-0.2, 0) is 0 Å². The number of hydrogen-bond donors (Lipinski definition) is 0. The highest BCUT2D eigenvalue weighted by Crippen LogP contribution is 2.58. The van der Waals surface area contributed by atoms with Crippen LogP contribution in [0.3, 0.4) is 0 Å². The Balaban J connectivity index is 2.62. The second kappa shape index (κ2) is 1.53. The minimum atomic E-state index is 0.615. The zero-order valence-electron chi connectivity index (χ0n) is 7.28. The summed E-state index contributed by atoms with van der Waals surface area (Å²) >= 11 is 0. The second-order valence-electron chi connectivity index (χ2n) is 4.88. The largest absolute Gasteiger partial charge is 0.0615 e. The lowest BCUT2D eigenvalue weighted by atomic mass is 9.49. The van der Waals surface area contributed by atoms with Crippen LogP contribution in [0.15, 0.2) is 0 Å². The lowest BCUT2D eigenvalue weighted by Crippen LogP contribution is -2.48. The molecule has 9 heavy (non-hydrogen) atoms. The monoisotopic (exact) mass is 126 g/mol. The van der Waals surface area contributed by atoms with E-state index >= 15 is 0 Å². The van der Waals surface area contributed by atoms with E-state index in [2.05, 4.69) is 34.6 Å². The molecule has 1 rings (SSSR count). The molecular weight excluding hydrogens is 108 g/mol. The molecule has 0 heteroatoms. The van der Waals surface area contributed by atoms with Gasteiger partial charge in [0.05, 0.1) is 0 Å². The quantitative estimate of drug-likeness (QED) is 0.468. The molecular formula is C9H18. The normalized spacial score (nSPS) is 31.7. The third-order valence-electron chi connectivity index (χ3n) is 3.26. The van der Waals surface area contributed by atoms with Gasteiger partial charge in [0, 0.05) is 0 Å². The van der Waals surface area contributed by atoms with Gasteiger partial charge in [-0.25, -0.2) is 0 Å². The first-order chi connectivity index (χ1) is 3.86. The van der Waals surface area contributed by atoms with E-state index in [1.54, 1.807) is 0 Å². The van der Waals surface area contributed by atoms with E-state index in [9.17, 15) is 0 Å². The van der Waals surface area contributed by atoms with Crippen LogP contribution in [0.25, 0.3) is 0 Å². The zero-order chi connectivity index (χ0) is 7.28. The standard InChI is InChI=1S/C9H18/c1-7-8(2,3)6-9(7,4)5/h7H,6H2,1-5H3. The van der Waals surface area contributed by atoms with Crippen LogP contribution in [0.2, 0.25) is 0 Å². The van der Waals surface area contributed by atoms with Crippen LogP contribution in [0, 0.1) is 16.7 Å². The summed E-state index contributed by atoms with van der Waals surface area (Å²) in [7, 11) is 0. The van der Waals surface area contributed by atoms with Crippen molar-refractivity contribution < 1.29 is 0 Å². The molecule has 0 heterocycles. The van der Waals surface area contributed by atoms with E-state index in [1.165, 1.54) is 6.42 Å². The van der Waals surface area contributed by atoms with Gasteiger partial charge in [0.2, 0.25) is 0 Å². The highest BCUT2D eigenvalue weighted by atomic mass is 14.5. The maximum absolute atomic E-state index is 2.36. The third kappa shape index (κ3) is 0.889. The van der Waals surface area contributed by atoms with Gasteiger partial charge >= 0.3 is 0 Å². The van der Waals surface area contributed by atoms with Gasteiger partial charge in [-0.2, -0.15) is 0 Å². The van der Waals surface area contributed by atoms with Gasteiger partial charge in [0.15, 0.2) is 0 Å². The smallest absolute Gasteiger partial charge is 0.0318 e. The molecule has 0 amide bonds. The minimum Gasteiger partial charge on any atom is -0.0615 e. The van der Waals surface area contributed by atoms with Gasteiger partial charge in [-0.05, 0) is 23.2 Å². The molecule has 0 aliphatic heterocycles. The fourth-order valence-corrected chi connectivity index (χ4v) is 2.41. The van der Waals surface area contributed by atoms with E-state index in [0.717, 1.165) is 5.92 Å². The Morgan fingerprint density at radius 2 is 1.33 bits per heavy atom. The van der Waals surface area contributed by atoms with Crippen molar-refractivity contribution in [3.05, 3.63) is 0 Å². The molecule has 0 aromatic heterocycles. The predicted molar refractivity (Wildman–Crippen MR) is 41.3 cm³/mol. The lowest BCUT2D eigenvalue weighted by molar-refractivity contribution is -0.0671. The average molecular weight is 126 g/mol. The van der Waals surface area contributed by atoms with E-state index in [0.29, 0.717) is 10.8 Å². The van der Waals surface area contributed by atoms with Crippen molar-refractivity contribution in [2.75, 3.05) is 0 Å². The van der Waals surface area contributed by atoms with Gasteiger partial charge in [-0.15, -0.1) is 0 Å². The fourth-order valence-electron chi connectivity index (χ4n) is 2.41. The summed E-state index contributed by atoms with van der Waals surface area (Å²) < 4.78 is 0. The molecule has 0 aromatic carbocycles. The maximum atomic E-state index is 2.36.